The van der Waals surface area contributed by atoms with Gasteiger partial charge in [-0.3, -0.25) is 4.90 Å². The van der Waals surface area contributed by atoms with E-state index >= 15 is 0 Å². The van der Waals surface area contributed by atoms with Crippen molar-refractivity contribution >= 4 is 17.5 Å². The topological polar surface area (TPSA) is 41.6 Å². The number of nitrogens with zero attached hydrogens (tertiary/aromatic N) is 1. The molecule has 0 saturated carbocycles. The zero-order valence-electron chi connectivity index (χ0n) is 12.0. The molecule has 2 aromatic rings. The van der Waals surface area contributed by atoms with Crippen LogP contribution in [0.4, 0.5) is 16.2 Å². The molecular weight excluding hydrogens is 264 g/mol. The molecule has 4 heteroatoms. The van der Waals surface area contributed by atoms with Crippen molar-refractivity contribution in [3.8, 4) is 0 Å². The van der Waals surface area contributed by atoms with Crippen molar-refractivity contribution in [1.29, 1.82) is 0 Å². The van der Waals surface area contributed by atoms with Crippen molar-refractivity contribution in [1.82, 2.24) is 0 Å². The first-order chi connectivity index (χ1) is 10.2. The second-order valence-electron chi connectivity index (χ2n) is 5.09. The van der Waals surface area contributed by atoms with Gasteiger partial charge >= 0.3 is 6.09 Å². The third-order valence-electron chi connectivity index (χ3n) is 3.60. The molecule has 2 aromatic carbocycles. The summed E-state index contributed by atoms with van der Waals surface area (Å²) in [6.07, 6.45) is -0.275. The highest BCUT2D eigenvalue weighted by Crippen LogP contribution is 2.25. The zero-order chi connectivity index (χ0) is 14.7. The van der Waals surface area contributed by atoms with E-state index in [1.807, 2.05) is 42.5 Å². The molecule has 0 aromatic heterocycles. The summed E-state index contributed by atoms with van der Waals surface area (Å²) in [4.78, 5) is 13.3. The molecule has 1 N–H and O–H groups in total. The maximum atomic E-state index is 11.6. The van der Waals surface area contributed by atoms with Gasteiger partial charge in [-0.2, -0.15) is 0 Å². The van der Waals surface area contributed by atoms with E-state index in [9.17, 15) is 4.79 Å². The van der Waals surface area contributed by atoms with E-state index in [4.69, 9.17) is 4.74 Å². The molecule has 0 aliphatic carbocycles. The maximum absolute atomic E-state index is 11.6. The summed E-state index contributed by atoms with van der Waals surface area (Å²) in [6, 6.07) is 18.3. The summed E-state index contributed by atoms with van der Waals surface area (Å²) >= 11 is 0. The minimum absolute atomic E-state index is 0.201. The Balaban J connectivity index is 1.76. The van der Waals surface area contributed by atoms with Crippen LogP contribution in [0.15, 0.2) is 54.6 Å². The highest BCUT2D eigenvalue weighted by atomic mass is 16.6. The summed E-state index contributed by atoms with van der Waals surface area (Å²) < 4.78 is 4.98. The van der Waals surface area contributed by atoms with Crippen LogP contribution in [0.3, 0.4) is 0 Å². The molecular formula is C17H18N2O2. The van der Waals surface area contributed by atoms with Gasteiger partial charge in [0.25, 0.3) is 0 Å². The lowest BCUT2D eigenvalue weighted by molar-refractivity contribution is 0.181. The Morgan fingerprint density at radius 2 is 1.95 bits per heavy atom. The molecule has 21 heavy (non-hydrogen) atoms. The van der Waals surface area contributed by atoms with Crippen molar-refractivity contribution in [2.24, 2.45) is 0 Å². The second kappa shape index (κ2) is 5.87. The van der Waals surface area contributed by atoms with E-state index < -0.39 is 0 Å². The number of carbonyl (C=O) groups is 1. The molecule has 1 atom stereocenters. The Morgan fingerprint density at radius 3 is 2.67 bits per heavy atom. The van der Waals surface area contributed by atoms with Crippen LogP contribution in [0.1, 0.15) is 18.5 Å². The van der Waals surface area contributed by atoms with Gasteiger partial charge in [0.1, 0.15) is 6.61 Å². The molecule has 1 heterocycles. The maximum Gasteiger partial charge on any atom is 0.414 e. The zero-order valence-corrected chi connectivity index (χ0v) is 12.0. The quantitative estimate of drug-likeness (QED) is 0.927. The summed E-state index contributed by atoms with van der Waals surface area (Å²) in [5.41, 5.74) is 3.08. The molecule has 1 fully saturated rings. The first kappa shape index (κ1) is 13.5. The number of hydrogen-bond acceptors (Lipinski definition) is 3. The third kappa shape index (κ3) is 2.99. The smallest absolute Gasteiger partial charge is 0.414 e. The van der Waals surface area contributed by atoms with Crippen LogP contribution in [-0.2, 0) is 4.74 Å². The van der Waals surface area contributed by atoms with Gasteiger partial charge < -0.3 is 10.1 Å². The Kier molecular flexibility index (Phi) is 3.77. The molecule has 108 valence electrons. The average Bonchev–Trinajstić information content (AvgIpc) is 2.94. The molecule has 1 amide bonds. The van der Waals surface area contributed by atoms with Gasteiger partial charge in [-0.25, -0.2) is 4.79 Å². The monoisotopic (exact) mass is 282 g/mol. The predicted octanol–water partition coefficient (Wildman–Crippen LogP) is 3.82. The largest absolute Gasteiger partial charge is 0.447 e. The number of ether oxygens (including phenoxy) is 1. The van der Waals surface area contributed by atoms with Gasteiger partial charge in [0.2, 0.25) is 0 Å². The Hall–Kier alpha value is -2.49. The molecule has 4 nitrogen and oxygen atoms in total. The molecule has 3 rings (SSSR count). The predicted molar refractivity (Wildman–Crippen MR) is 83.6 cm³/mol. The van der Waals surface area contributed by atoms with Crippen LogP contribution in [-0.4, -0.2) is 19.2 Å². The van der Waals surface area contributed by atoms with E-state index in [1.165, 1.54) is 5.56 Å². The summed E-state index contributed by atoms with van der Waals surface area (Å²) in [5.74, 6) is 0. The van der Waals surface area contributed by atoms with Gasteiger partial charge in [0.15, 0.2) is 0 Å². The minimum Gasteiger partial charge on any atom is -0.447 e. The Labute approximate surface area is 124 Å². The first-order valence-electron chi connectivity index (χ1n) is 7.10. The molecule has 1 saturated heterocycles. The average molecular weight is 282 g/mol. The van der Waals surface area contributed by atoms with Crippen LogP contribution in [0.5, 0.6) is 0 Å². The highest BCUT2D eigenvalue weighted by Gasteiger charge is 2.23. The van der Waals surface area contributed by atoms with Crippen molar-refractivity contribution in [3.63, 3.8) is 0 Å². The number of amides is 1. The first-order valence-corrected chi connectivity index (χ1v) is 7.10. The van der Waals surface area contributed by atoms with Gasteiger partial charge in [0, 0.05) is 17.4 Å². The van der Waals surface area contributed by atoms with E-state index in [0.717, 1.165) is 11.4 Å². The molecule has 0 bridgehead atoms. The number of anilines is 2. The molecule has 0 radical (unpaired) electrons. The number of carbonyl (C=O) groups excluding carboxylic acids is 1. The lowest BCUT2D eigenvalue weighted by Gasteiger charge is -2.18. The van der Waals surface area contributed by atoms with Crippen molar-refractivity contribution in [2.45, 2.75) is 13.0 Å². The van der Waals surface area contributed by atoms with E-state index in [0.29, 0.717) is 13.2 Å². The summed E-state index contributed by atoms with van der Waals surface area (Å²) in [6.45, 7) is 3.18. The normalized spacial score (nSPS) is 15.7. The molecule has 1 aliphatic heterocycles. The summed E-state index contributed by atoms with van der Waals surface area (Å²) in [7, 11) is 0. The lowest BCUT2D eigenvalue weighted by Crippen LogP contribution is -2.23. The van der Waals surface area contributed by atoms with Crippen LogP contribution < -0.4 is 10.2 Å². The highest BCUT2D eigenvalue weighted by molar-refractivity contribution is 5.89. The summed E-state index contributed by atoms with van der Waals surface area (Å²) in [5, 5.41) is 3.46. The van der Waals surface area contributed by atoms with Gasteiger partial charge in [0.05, 0.1) is 6.54 Å². The van der Waals surface area contributed by atoms with Crippen LogP contribution >= 0.6 is 0 Å². The molecule has 0 spiro atoms. The van der Waals surface area contributed by atoms with E-state index in [1.54, 1.807) is 4.90 Å². The van der Waals surface area contributed by atoms with Gasteiger partial charge in [-0.1, -0.05) is 36.4 Å². The van der Waals surface area contributed by atoms with Crippen LogP contribution in [0.25, 0.3) is 0 Å². The fourth-order valence-corrected chi connectivity index (χ4v) is 2.47. The molecule has 1 aliphatic rings. The number of nitrogens with one attached hydrogen (secondary N) is 1. The SMILES string of the molecule is CC(Nc1cccc(N2CCOC2=O)c1)c1ccccc1. The third-order valence-corrected chi connectivity index (χ3v) is 3.60. The standard InChI is InChI=1S/C17H18N2O2/c1-13(14-6-3-2-4-7-14)18-15-8-5-9-16(12-15)19-10-11-21-17(19)20/h2-9,12-13,18H,10-11H2,1H3. The van der Waals surface area contributed by atoms with Crippen LogP contribution in [0.2, 0.25) is 0 Å². The van der Waals surface area contributed by atoms with Crippen LogP contribution in [0, 0.1) is 0 Å². The van der Waals surface area contributed by atoms with Gasteiger partial charge in [-0.05, 0) is 30.7 Å². The minimum atomic E-state index is -0.275. The fraction of sp³-hybridized carbons (Fsp3) is 0.235. The number of benzene rings is 2. The second-order valence-corrected chi connectivity index (χ2v) is 5.09. The number of rotatable bonds is 4. The fourth-order valence-electron chi connectivity index (χ4n) is 2.47. The Morgan fingerprint density at radius 1 is 1.14 bits per heavy atom. The Bertz CT molecular complexity index is 628. The molecule has 1 unspecified atom stereocenters. The lowest BCUT2D eigenvalue weighted by atomic mass is 10.1. The van der Waals surface area contributed by atoms with Crippen molar-refractivity contribution < 1.29 is 9.53 Å². The van der Waals surface area contributed by atoms with Gasteiger partial charge in [-0.15, -0.1) is 0 Å². The van der Waals surface area contributed by atoms with Crippen molar-refractivity contribution in [3.05, 3.63) is 60.2 Å². The number of cyclic esters (lactones) is 1. The van der Waals surface area contributed by atoms with E-state index in [2.05, 4.69) is 24.4 Å². The van der Waals surface area contributed by atoms with E-state index in [-0.39, 0.29) is 12.1 Å². The van der Waals surface area contributed by atoms with Crippen molar-refractivity contribution in [2.75, 3.05) is 23.4 Å². The number of hydrogen-bond donors (Lipinski definition) is 1.